The van der Waals surface area contributed by atoms with Gasteiger partial charge in [0.15, 0.2) is 0 Å². The molecule has 3 aromatic heterocycles. The van der Waals surface area contributed by atoms with Crippen LogP contribution in [0.4, 0.5) is 0 Å². The van der Waals surface area contributed by atoms with Gasteiger partial charge in [-0.1, -0.05) is 15.9 Å². The Morgan fingerprint density at radius 1 is 0.864 bits per heavy atom. The van der Waals surface area contributed by atoms with Gasteiger partial charge in [-0.25, -0.2) is 4.98 Å². The van der Waals surface area contributed by atoms with Gasteiger partial charge >= 0.3 is 0 Å². The lowest BCUT2D eigenvalue weighted by Gasteiger charge is -2.39. The minimum Gasteiger partial charge on any atom is -0.481 e. The minimum absolute atomic E-state index is 0.138. The molecule has 0 saturated carbocycles. The van der Waals surface area contributed by atoms with Crippen molar-refractivity contribution in [3.05, 3.63) is 69.7 Å². The summed E-state index contributed by atoms with van der Waals surface area (Å²) in [6.07, 6.45) is 0.175. The minimum atomic E-state index is -1.57. The smallest absolute Gasteiger partial charge is 0.217 e. The third-order valence-corrected chi connectivity index (χ3v) is 7.66. The number of nitrogens with zero attached hydrogens (tertiary/aromatic N) is 4. The van der Waals surface area contributed by atoms with Gasteiger partial charge in [-0.15, -0.1) is 0 Å². The maximum atomic E-state index is 13.2. The first-order valence-corrected chi connectivity index (χ1v) is 15.2. The average molecular weight is 670 g/mol. The van der Waals surface area contributed by atoms with Crippen molar-refractivity contribution >= 4 is 26.8 Å². The van der Waals surface area contributed by atoms with Crippen molar-refractivity contribution < 1.29 is 28.8 Å². The van der Waals surface area contributed by atoms with Crippen LogP contribution < -0.4 is 23.7 Å². The summed E-state index contributed by atoms with van der Waals surface area (Å²) in [5.74, 6) is 0.996. The summed E-state index contributed by atoms with van der Waals surface area (Å²) in [5, 5.41) is 14.1. The molecule has 4 aromatic rings. The Morgan fingerprint density at radius 3 is 2.11 bits per heavy atom. The first-order valence-electron chi connectivity index (χ1n) is 14.4. The van der Waals surface area contributed by atoms with Crippen LogP contribution in [0.2, 0.25) is 0 Å². The summed E-state index contributed by atoms with van der Waals surface area (Å²) in [4.78, 5) is 15.9. The molecule has 0 saturated heterocycles. The van der Waals surface area contributed by atoms with Gasteiger partial charge in [0.25, 0.3) is 0 Å². The fraction of sp³-hybridized carbons (Fsp3) is 0.424. The lowest BCUT2D eigenvalue weighted by Crippen LogP contribution is -2.38. The third kappa shape index (κ3) is 7.51. The van der Waals surface area contributed by atoms with Crippen LogP contribution in [0.1, 0.15) is 49.8 Å². The molecule has 44 heavy (non-hydrogen) atoms. The molecule has 236 valence electrons. The highest BCUT2D eigenvalue weighted by Crippen LogP contribution is 2.49. The zero-order valence-corrected chi connectivity index (χ0v) is 28.1. The quantitative estimate of drug-likeness (QED) is 0.173. The van der Waals surface area contributed by atoms with E-state index < -0.39 is 11.5 Å². The monoisotopic (exact) mass is 668 g/mol. The van der Waals surface area contributed by atoms with Crippen LogP contribution in [0.15, 0.2) is 53.0 Å². The normalized spacial score (nSPS) is 13.5. The summed E-state index contributed by atoms with van der Waals surface area (Å²) >= 11 is 3.59. The van der Waals surface area contributed by atoms with Crippen LogP contribution in [0.5, 0.6) is 29.4 Å². The van der Waals surface area contributed by atoms with Crippen molar-refractivity contribution in [2.24, 2.45) is 0 Å². The Labute approximate surface area is 267 Å². The predicted molar refractivity (Wildman–Crippen MR) is 173 cm³/mol. The van der Waals surface area contributed by atoms with Crippen molar-refractivity contribution in [2.45, 2.75) is 44.8 Å². The average Bonchev–Trinajstić information content (AvgIpc) is 2.99. The number of halogens is 1. The molecule has 1 N–H and O–H groups in total. The van der Waals surface area contributed by atoms with Gasteiger partial charge < -0.3 is 33.7 Å². The van der Waals surface area contributed by atoms with Crippen molar-refractivity contribution in [2.75, 3.05) is 48.6 Å². The molecule has 0 radical (unpaired) electrons. The number of benzene rings is 1. The molecular weight excluding hydrogens is 628 g/mol. The van der Waals surface area contributed by atoms with E-state index in [1.807, 2.05) is 76.2 Å². The number of ether oxygens (including phenoxy) is 5. The Kier molecular flexibility index (Phi) is 10.9. The number of hydrogen-bond acceptors (Lipinski definition) is 10. The second kappa shape index (κ2) is 14.4. The fourth-order valence-corrected chi connectivity index (χ4v) is 5.59. The number of aromatic nitrogens is 3. The van der Waals surface area contributed by atoms with Gasteiger partial charge in [0.2, 0.25) is 29.4 Å². The molecule has 10 nitrogen and oxygen atoms in total. The molecule has 4 rings (SSSR count). The topological polar surface area (TPSA) is 108 Å². The highest BCUT2D eigenvalue weighted by molar-refractivity contribution is 9.10. The van der Waals surface area contributed by atoms with Gasteiger partial charge in [0.05, 0.1) is 39.6 Å². The molecular formula is C33H41BrN4O6. The van der Waals surface area contributed by atoms with E-state index in [0.29, 0.717) is 65.7 Å². The number of methoxy groups -OCH3 is 3. The van der Waals surface area contributed by atoms with Crippen LogP contribution in [0.3, 0.4) is 0 Å². The fourth-order valence-electron chi connectivity index (χ4n) is 5.21. The molecule has 2 atom stereocenters. The molecule has 0 aliphatic heterocycles. The van der Waals surface area contributed by atoms with Crippen LogP contribution in [-0.2, 0) is 5.60 Å². The van der Waals surface area contributed by atoms with E-state index in [-0.39, 0.29) is 6.10 Å². The summed E-state index contributed by atoms with van der Waals surface area (Å²) in [6, 6.07) is 15.0. The van der Waals surface area contributed by atoms with Gasteiger partial charge in [0, 0.05) is 52.2 Å². The van der Waals surface area contributed by atoms with Gasteiger partial charge in [-0.05, 0) is 76.7 Å². The Hall–Kier alpha value is -3.67. The van der Waals surface area contributed by atoms with Crippen LogP contribution in [0.25, 0.3) is 10.9 Å². The predicted octanol–water partition coefficient (Wildman–Crippen LogP) is 5.97. The number of pyridine rings is 3. The van der Waals surface area contributed by atoms with Crippen LogP contribution in [0, 0.1) is 0 Å². The summed E-state index contributed by atoms with van der Waals surface area (Å²) in [7, 11) is 8.57. The molecule has 0 fully saturated rings. The molecule has 0 aliphatic rings. The van der Waals surface area contributed by atoms with Crippen LogP contribution in [-0.4, -0.2) is 79.6 Å². The maximum Gasteiger partial charge on any atom is 0.217 e. The molecule has 1 aromatic carbocycles. The number of hydrogen-bond donors (Lipinski definition) is 1. The zero-order chi connectivity index (χ0) is 32.0. The Bertz CT molecular complexity index is 1560. The molecule has 0 amide bonds. The molecule has 3 heterocycles. The van der Waals surface area contributed by atoms with Gasteiger partial charge in [-0.2, -0.15) is 9.97 Å². The van der Waals surface area contributed by atoms with Crippen LogP contribution >= 0.6 is 15.9 Å². The van der Waals surface area contributed by atoms with E-state index in [0.717, 1.165) is 15.4 Å². The molecule has 11 heteroatoms. The zero-order valence-electron chi connectivity index (χ0n) is 26.6. The third-order valence-electron chi connectivity index (χ3n) is 7.17. The van der Waals surface area contributed by atoms with E-state index in [1.165, 1.54) is 14.2 Å². The molecule has 0 spiro atoms. The second-order valence-corrected chi connectivity index (χ2v) is 11.9. The van der Waals surface area contributed by atoms with E-state index in [1.54, 1.807) is 19.2 Å². The van der Waals surface area contributed by atoms with Crippen molar-refractivity contribution in [3.8, 4) is 29.4 Å². The second-order valence-electron chi connectivity index (χ2n) is 11.0. The molecule has 0 bridgehead atoms. The Balaban J connectivity index is 2.13. The number of fused-ring (bicyclic) bond motifs is 1. The largest absolute Gasteiger partial charge is 0.481 e. The van der Waals surface area contributed by atoms with E-state index in [9.17, 15) is 5.11 Å². The number of aliphatic hydroxyl groups is 1. The van der Waals surface area contributed by atoms with E-state index in [2.05, 4.69) is 25.9 Å². The van der Waals surface area contributed by atoms with Gasteiger partial charge in [-0.3, -0.25) is 0 Å². The summed E-state index contributed by atoms with van der Waals surface area (Å²) in [6.45, 7) is 6.72. The first kappa shape index (κ1) is 33.2. The first-order chi connectivity index (χ1) is 21.0. The lowest BCUT2D eigenvalue weighted by molar-refractivity contribution is 0.00317. The number of rotatable bonds is 14. The van der Waals surface area contributed by atoms with Crippen molar-refractivity contribution in [3.63, 3.8) is 0 Å². The molecule has 2 unspecified atom stereocenters. The Morgan fingerprint density at radius 2 is 1.52 bits per heavy atom. The SMILES string of the molecule is CCOc1cc(C(c2cc3cc(Br)ccc3nc2OC)C(O)(CCN(C)C)c2cc(OC)nc(OC)c2)cc(OC(C)C)n1. The standard InChI is InChI=1S/C33H41BrN4O6/c1-9-43-29-16-22(17-30(37-29)44-20(2)3)31(25-15-21-14-24(34)10-11-26(21)35-32(25)42-8)33(39,12-13-38(4)5)23-18-27(40-6)36-28(19-23)41-7/h10-11,14-20,31,39H,9,12-13H2,1-8H3. The van der Waals surface area contributed by atoms with E-state index >= 15 is 0 Å². The highest BCUT2D eigenvalue weighted by Gasteiger charge is 2.44. The summed E-state index contributed by atoms with van der Waals surface area (Å²) in [5.41, 5.74) is 1.10. The highest BCUT2D eigenvalue weighted by atomic mass is 79.9. The maximum absolute atomic E-state index is 13.2. The molecule has 0 aliphatic carbocycles. The van der Waals surface area contributed by atoms with Gasteiger partial charge in [0.1, 0.15) is 5.60 Å². The van der Waals surface area contributed by atoms with Crippen molar-refractivity contribution in [1.82, 2.24) is 19.9 Å². The summed E-state index contributed by atoms with van der Waals surface area (Å²) < 4.78 is 29.9. The van der Waals surface area contributed by atoms with Crippen molar-refractivity contribution in [1.29, 1.82) is 0 Å². The van der Waals surface area contributed by atoms with E-state index in [4.69, 9.17) is 28.7 Å². The lowest BCUT2D eigenvalue weighted by atomic mass is 9.72.